The molecule has 1 saturated heterocycles. The van der Waals surface area contributed by atoms with Gasteiger partial charge in [-0.1, -0.05) is 13.8 Å². The highest BCUT2D eigenvalue weighted by Crippen LogP contribution is 2.10. The van der Waals surface area contributed by atoms with Crippen molar-refractivity contribution in [2.75, 3.05) is 26.2 Å². The Morgan fingerprint density at radius 1 is 1.42 bits per heavy atom. The monoisotopic (exact) mass is 270 g/mol. The van der Waals surface area contributed by atoms with Gasteiger partial charge in [0.25, 0.3) is 0 Å². The van der Waals surface area contributed by atoms with Crippen LogP contribution < -0.4 is 5.32 Å². The number of nitrogens with one attached hydrogen (secondary N) is 1. The Kier molecular flexibility index (Phi) is 6.84. The second kappa shape index (κ2) is 8.15. The minimum absolute atomic E-state index is 0.00879. The van der Waals surface area contributed by atoms with Gasteiger partial charge in [0.05, 0.1) is 6.10 Å². The first-order chi connectivity index (χ1) is 8.99. The molecule has 1 fully saturated rings. The van der Waals surface area contributed by atoms with Gasteiger partial charge in [0.1, 0.15) is 0 Å². The topological polar surface area (TPSA) is 58.6 Å². The van der Waals surface area contributed by atoms with E-state index < -0.39 is 0 Å². The number of hydrogen-bond acceptors (Lipinski definition) is 3. The predicted molar refractivity (Wildman–Crippen MR) is 73.7 cm³/mol. The molecule has 1 aliphatic rings. The van der Waals surface area contributed by atoms with Crippen LogP contribution in [0.1, 0.15) is 40.0 Å². The Hall–Kier alpha value is -1.10. The lowest BCUT2D eigenvalue weighted by Crippen LogP contribution is -2.37. The fourth-order valence-electron chi connectivity index (χ4n) is 2.18. The van der Waals surface area contributed by atoms with Crippen molar-refractivity contribution in [1.82, 2.24) is 10.2 Å². The van der Waals surface area contributed by atoms with E-state index >= 15 is 0 Å². The fourth-order valence-corrected chi connectivity index (χ4v) is 2.18. The van der Waals surface area contributed by atoms with Crippen LogP contribution in [0.3, 0.4) is 0 Å². The van der Waals surface area contributed by atoms with E-state index in [1.807, 2.05) is 0 Å². The van der Waals surface area contributed by atoms with Gasteiger partial charge in [-0.2, -0.15) is 0 Å². The van der Waals surface area contributed by atoms with Crippen molar-refractivity contribution in [3.8, 4) is 0 Å². The number of carbonyl (C=O) groups excluding carboxylic acids is 2. The number of nitrogens with zero attached hydrogens (tertiary/aromatic N) is 1. The summed E-state index contributed by atoms with van der Waals surface area (Å²) in [5.41, 5.74) is 0. The van der Waals surface area contributed by atoms with Crippen LogP contribution in [0.25, 0.3) is 0 Å². The minimum atomic E-state index is -0.00879. The van der Waals surface area contributed by atoms with Crippen LogP contribution in [0.5, 0.6) is 0 Å². The van der Waals surface area contributed by atoms with Gasteiger partial charge in [0.15, 0.2) is 0 Å². The van der Waals surface area contributed by atoms with Crippen LogP contribution in [0, 0.1) is 5.92 Å². The van der Waals surface area contributed by atoms with Crippen molar-refractivity contribution in [2.45, 2.75) is 46.1 Å². The van der Waals surface area contributed by atoms with Gasteiger partial charge in [0, 0.05) is 39.6 Å². The van der Waals surface area contributed by atoms with Crippen LogP contribution in [0.4, 0.5) is 0 Å². The second-order valence-electron chi connectivity index (χ2n) is 5.55. The number of carbonyl (C=O) groups is 2. The summed E-state index contributed by atoms with van der Waals surface area (Å²) >= 11 is 0. The molecule has 1 heterocycles. The summed E-state index contributed by atoms with van der Waals surface area (Å²) in [6, 6.07) is 0. The lowest BCUT2D eigenvalue weighted by atomic mass is 10.2. The second-order valence-corrected chi connectivity index (χ2v) is 5.55. The number of hydrogen-bond donors (Lipinski definition) is 1. The largest absolute Gasteiger partial charge is 0.376 e. The summed E-state index contributed by atoms with van der Waals surface area (Å²) in [6.45, 7) is 8.25. The molecular formula is C14H26N2O3. The molecule has 1 unspecified atom stereocenters. The van der Waals surface area contributed by atoms with Crippen molar-refractivity contribution < 1.29 is 14.3 Å². The van der Waals surface area contributed by atoms with E-state index in [2.05, 4.69) is 19.2 Å². The molecule has 0 aromatic heterocycles. The third-order valence-corrected chi connectivity index (χ3v) is 3.19. The number of rotatable bonds is 7. The molecule has 0 bridgehead atoms. The molecule has 5 nitrogen and oxygen atoms in total. The fraction of sp³-hybridized carbons (Fsp3) is 0.857. The Balaban J connectivity index is 2.21. The molecule has 0 radical (unpaired) electrons. The van der Waals surface area contributed by atoms with Crippen LogP contribution >= 0.6 is 0 Å². The average Bonchev–Trinajstić information content (AvgIpc) is 2.84. The Morgan fingerprint density at radius 3 is 2.68 bits per heavy atom. The van der Waals surface area contributed by atoms with Gasteiger partial charge in [-0.25, -0.2) is 0 Å². The maximum Gasteiger partial charge on any atom is 0.221 e. The predicted octanol–water partition coefficient (Wildman–Crippen LogP) is 1.18. The summed E-state index contributed by atoms with van der Waals surface area (Å²) in [4.78, 5) is 24.9. The Bertz CT molecular complexity index is 299. The molecule has 110 valence electrons. The molecule has 1 atom stereocenters. The van der Waals surface area contributed by atoms with Crippen LogP contribution in [-0.4, -0.2) is 49.1 Å². The quantitative estimate of drug-likeness (QED) is 0.755. The van der Waals surface area contributed by atoms with Crippen molar-refractivity contribution in [2.24, 2.45) is 5.92 Å². The normalized spacial score (nSPS) is 18.6. The van der Waals surface area contributed by atoms with Gasteiger partial charge in [0.2, 0.25) is 11.8 Å². The maximum absolute atomic E-state index is 11.7. The summed E-state index contributed by atoms with van der Waals surface area (Å²) in [5, 5.41) is 2.87. The zero-order valence-electron chi connectivity index (χ0n) is 12.3. The van der Waals surface area contributed by atoms with E-state index in [-0.39, 0.29) is 17.9 Å². The molecular weight excluding hydrogens is 244 g/mol. The average molecular weight is 270 g/mol. The molecule has 5 heteroatoms. The van der Waals surface area contributed by atoms with Gasteiger partial charge in [-0.3, -0.25) is 9.59 Å². The SMILES string of the molecule is CC(=O)N(CCC(=O)NCC1CCCO1)CC(C)C. The summed E-state index contributed by atoms with van der Waals surface area (Å²) < 4.78 is 5.44. The Labute approximate surface area is 115 Å². The van der Waals surface area contributed by atoms with Gasteiger partial charge < -0.3 is 15.0 Å². The van der Waals surface area contributed by atoms with E-state index in [1.54, 1.807) is 11.8 Å². The molecule has 2 amide bonds. The van der Waals surface area contributed by atoms with Crippen LogP contribution in [0.15, 0.2) is 0 Å². The van der Waals surface area contributed by atoms with Crippen LogP contribution in [0.2, 0.25) is 0 Å². The standard InChI is InChI=1S/C14H26N2O3/c1-11(2)10-16(12(3)17)7-6-14(18)15-9-13-5-4-8-19-13/h11,13H,4-10H2,1-3H3,(H,15,18). The van der Waals surface area contributed by atoms with Crippen molar-refractivity contribution >= 4 is 11.8 Å². The number of ether oxygens (including phenoxy) is 1. The first-order valence-electron chi connectivity index (χ1n) is 7.13. The number of amides is 2. The molecule has 19 heavy (non-hydrogen) atoms. The van der Waals surface area contributed by atoms with E-state index in [1.165, 1.54) is 0 Å². The van der Waals surface area contributed by atoms with E-state index in [0.29, 0.717) is 32.0 Å². The molecule has 0 saturated carbocycles. The molecule has 1 N–H and O–H groups in total. The Morgan fingerprint density at radius 2 is 2.16 bits per heavy atom. The molecule has 1 aliphatic heterocycles. The molecule has 0 aromatic rings. The van der Waals surface area contributed by atoms with E-state index in [0.717, 1.165) is 19.4 Å². The van der Waals surface area contributed by atoms with Crippen LogP contribution in [-0.2, 0) is 14.3 Å². The molecule has 0 spiro atoms. The first-order valence-corrected chi connectivity index (χ1v) is 7.13. The highest BCUT2D eigenvalue weighted by Gasteiger charge is 2.17. The minimum Gasteiger partial charge on any atom is -0.376 e. The van der Waals surface area contributed by atoms with Gasteiger partial charge >= 0.3 is 0 Å². The lowest BCUT2D eigenvalue weighted by molar-refractivity contribution is -0.130. The summed E-state index contributed by atoms with van der Waals surface area (Å²) in [5.74, 6) is 0.435. The van der Waals surface area contributed by atoms with Gasteiger partial charge in [-0.05, 0) is 18.8 Å². The highest BCUT2D eigenvalue weighted by molar-refractivity contribution is 5.78. The van der Waals surface area contributed by atoms with Crippen molar-refractivity contribution in [1.29, 1.82) is 0 Å². The molecule has 1 rings (SSSR count). The van der Waals surface area contributed by atoms with Crippen molar-refractivity contribution in [3.05, 3.63) is 0 Å². The lowest BCUT2D eigenvalue weighted by Gasteiger charge is -2.23. The molecule has 0 aliphatic carbocycles. The summed E-state index contributed by atoms with van der Waals surface area (Å²) in [6.07, 6.45) is 2.63. The maximum atomic E-state index is 11.7. The first kappa shape index (κ1) is 16.0. The van der Waals surface area contributed by atoms with E-state index in [9.17, 15) is 9.59 Å². The van der Waals surface area contributed by atoms with Crippen molar-refractivity contribution in [3.63, 3.8) is 0 Å². The smallest absolute Gasteiger partial charge is 0.221 e. The van der Waals surface area contributed by atoms with Gasteiger partial charge in [-0.15, -0.1) is 0 Å². The summed E-state index contributed by atoms with van der Waals surface area (Å²) in [7, 11) is 0. The highest BCUT2D eigenvalue weighted by atomic mass is 16.5. The zero-order valence-corrected chi connectivity index (χ0v) is 12.3. The molecule has 0 aromatic carbocycles. The zero-order chi connectivity index (χ0) is 14.3. The third kappa shape index (κ3) is 6.57. The van der Waals surface area contributed by atoms with E-state index in [4.69, 9.17) is 4.74 Å². The third-order valence-electron chi connectivity index (χ3n) is 3.19.